The maximum atomic E-state index is 9.00. The van der Waals surface area contributed by atoms with Gasteiger partial charge in [0.05, 0.1) is 5.54 Å². The van der Waals surface area contributed by atoms with Gasteiger partial charge in [0, 0.05) is 6.92 Å². The van der Waals surface area contributed by atoms with Gasteiger partial charge in [-0.1, -0.05) is 5.16 Å². The van der Waals surface area contributed by atoms with Gasteiger partial charge in [0.1, 0.15) is 11.5 Å². The number of oxime groups is 1. The Labute approximate surface area is 105 Å². The van der Waals surface area contributed by atoms with Gasteiger partial charge in [-0.2, -0.15) is 5.48 Å². The summed E-state index contributed by atoms with van der Waals surface area (Å²) in [6.07, 6.45) is 0. The first-order valence-electron chi connectivity index (χ1n) is 5.14. The Morgan fingerprint density at radius 3 is 2.22 bits per heavy atom. The number of hydrogen-bond donors (Lipinski definition) is 4. The lowest BCUT2D eigenvalue weighted by Gasteiger charge is -2.21. The van der Waals surface area contributed by atoms with E-state index in [4.69, 9.17) is 24.7 Å². The van der Waals surface area contributed by atoms with E-state index in [-0.39, 0.29) is 5.71 Å². The van der Waals surface area contributed by atoms with E-state index >= 15 is 0 Å². The highest BCUT2D eigenvalue weighted by atomic mass is 16.5. The van der Waals surface area contributed by atoms with Crippen molar-refractivity contribution in [2.24, 2.45) is 5.16 Å². The first-order chi connectivity index (χ1) is 8.24. The average molecular weight is 258 g/mol. The molecule has 18 heavy (non-hydrogen) atoms. The molecule has 102 valence electrons. The van der Waals surface area contributed by atoms with Crippen LogP contribution in [-0.4, -0.2) is 32.7 Å². The maximum Gasteiger partial charge on any atom is 0.300 e. The zero-order valence-electron chi connectivity index (χ0n) is 10.8. The summed E-state index contributed by atoms with van der Waals surface area (Å²) < 4.78 is 5.28. The molecule has 1 rings (SSSR count). The minimum Gasteiger partial charge on any atom is -0.481 e. The van der Waals surface area contributed by atoms with Crippen LogP contribution in [0.2, 0.25) is 0 Å². The van der Waals surface area contributed by atoms with Crippen LogP contribution >= 0.6 is 0 Å². The van der Waals surface area contributed by atoms with Crippen molar-refractivity contribution in [3.05, 3.63) is 23.7 Å². The summed E-state index contributed by atoms with van der Waals surface area (Å²) in [5.41, 5.74) is 1.43. The lowest BCUT2D eigenvalue weighted by atomic mass is 9.98. The number of hydrogen-bond acceptors (Lipinski definition) is 6. The lowest BCUT2D eigenvalue weighted by Crippen LogP contribution is -2.45. The topological polar surface area (TPSA) is 115 Å². The van der Waals surface area contributed by atoms with Gasteiger partial charge in [-0.05, 0) is 32.9 Å². The molecule has 0 spiro atoms. The van der Waals surface area contributed by atoms with Gasteiger partial charge < -0.3 is 19.9 Å². The molecular formula is C11H18N2O5. The molecule has 1 aromatic rings. The van der Waals surface area contributed by atoms with Crippen LogP contribution in [0.4, 0.5) is 0 Å². The number of hydroxylamine groups is 1. The molecule has 0 atom stereocenters. The Morgan fingerprint density at radius 2 is 1.94 bits per heavy atom. The van der Waals surface area contributed by atoms with Crippen LogP contribution in [-0.2, 0) is 4.79 Å². The van der Waals surface area contributed by atoms with Crippen LogP contribution < -0.4 is 5.48 Å². The Kier molecular flexibility index (Phi) is 6.07. The van der Waals surface area contributed by atoms with Crippen molar-refractivity contribution in [1.29, 1.82) is 0 Å². The zero-order chi connectivity index (χ0) is 14.3. The SMILES string of the molecule is CC(=O)O.Cc1ccc(/C(=N/O)C(C)(C)NO)o1. The molecule has 7 nitrogen and oxygen atoms in total. The van der Waals surface area contributed by atoms with E-state index in [1.807, 2.05) is 5.48 Å². The Morgan fingerprint density at radius 1 is 1.44 bits per heavy atom. The van der Waals surface area contributed by atoms with E-state index in [1.54, 1.807) is 32.9 Å². The number of nitrogens with zero attached hydrogens (tertiary/aromatic N) is 1. The van der Waals surface area contributed by atoms with Crippen LogP contribution in [0.15, 0.2) is 21.7 Å². The molecule has 0 aliphatic rings. The number of nitrogens with one attached hydrogen (secondary N) is 1. The third-order valence-corrected chi connectivity index (χ3v) is 1.95. The first-order valence-corrected chi connectivity index (χ1v) is 5.14. The molecule has 0 radical (unpaired) electrons. The zero-order valence-corrected chi connectivity index (χ0v) is 10.8. The number of aliphatic carboxylic acids is 1. The second kappa shape index (κ2) is 6.77. The van der Waals surface area contributed by atoms with E-state index in [2.05, 4.69) is 5.16 Å². The molecule has 0 aliphatic heterocycles. The highest BCUT2D eigenvalue weighted by Gasteiger charge is 2.28. The number of rotatable bonds is 3. The predicted molar refractivity (Wildman–Crippen MR) is 64.1 cm³/mol. The second-order valence-corrected chi connectivity index (χ2v) is 4.11. The smallest absolute Gasteiger partial charge is 0.300 e. The van der Waals surface area contributed by atoms with Crippen molar-refractivity contribution in [3.63, 3.8) is 0 Å². The van der Waals surface area contributed by atoms with Crippen molar-refractivity contribution in [2.45, 2.75) is 33.2 Å². The fraction of sp³-hybridized carbons (Fsp3) is 0.455. The van der Waals surface area contributed by atoms with Crippen molar-refractivity contribution in [3.8, 4) is 0 Å². The first kappa shape index (κ1) is 16.1. The maximum absolute atomic E-state index is 9.00. The molecule has 0 bridgehead atoms. The average Bonchev–Trinajstić information content (AvgIpc) is 2.64. The van der Waals surface area contributed by atoms with Crippen molar-refractivity contribution < 1.29 is 24.7 Å². The van der Waals surface area contributed by atoms with Crippen LogP contribution in [0.25, 0.3) is 0 Å². The van der Waals surface area contributed by atoms with Gasteiger partial charge in [-0.3, -0.25) is 4.79 Å². The fourth-order valence-electron chi connectivity index (χ4n) is 1.10. The second-order valence-electron chi connectivity index (χ2n) is 4.11. The molecule has 0 aromatic carbocycles. The molecular weight excluding hydrogens is 240 g/mol. The molecule has 0 amide bonds. The normalized spacial score (nSPS) is 11.7. The van der Waals surface area contributed by atoms with Gasteiger partial charge in [-0.25, -0.2) is 0 Å². The number of furan rings is 1. The summed E-state index contributed by atoms with van der Waals surface area (Å²) in [4.78, 5) is 9.00. The van der Waals surface area contributed by atoms with E-state index in [9.17, 15) is 0 Å². The van der Waals surface area contributed by atoms with Gasteiger partial charge in [0.15, 0.2) is 5.76 Å². The van der Waals surface area contributed by atoms with Gasteiger partial charge in [0.25, 0.3) is 5.97 Å². The molecule has 4 N–H and O–H groups in total. The molecule has 0 unspecified atom stereocenters. The molecule has 0 aliphatic carbocycles. The molecule has 1 heterocycles. The van der Waals surface area contributed by atoms with E-state index in [0.29, 0.717) is 5.76 Å². The van der Waals surface area contributed by atoms with Crippen molar-refractivity contribution in [2.75, 3.05) is 0 Å². The summed E-state index contributed by atoms with van der Waals surface area (Å²) in [5, 5.41) is 28.2. The largest absolute Gasteiger partial charge is 0.481 e. The van der Waals surface area contributed by atoms with Gasteiger partial charge in [0.2, 0.25) is 0 Å². The Bertz CT molecular complexity index is 419. The molecule has 0 saturated carbocycles. The minimum absolute atomic E-state index is 0.244. The van der Waals surface area contributed by atoms with Crippen LogP contribution in [0.1, 0.15) is 32.3 Å². The van der Waals surface area contributed by atoms with Crippen LogP contribution in [0.5, 0.6) is 0 Å². The van der Waals surface area contributed by atoms with Crippen LogP contribution in [0.3, 0.4) is 0 Å². The Balaban J connectivity index is 0.000000631. The highest BCUT2D eigenvalue weighted by molar-refractivity contribution is 6.04. The third kappa shape index (κ3) is 4.98. The van der Waals surface area contributed by atoms with Gasteiger partial charge in [-0.15, -0.1) is 0 Å². The summed E-state index contributed by atoms with van der Waals surface area (Å²) in [7, 11) is 0. The molecule has 1 aromatic heterocycles. The molecule has 0 fully saturated rings. The molecule has 0 saturated heterocycles. The molecule has 7 heteroatoms. The predicted octanol–water partition coefficient (Wildman–Crippen LogP) is 1.61. The summed E-state index contributed by atoms with van der Waals surface area (Å²) >= 11 is 0. The number of carboxylic acid groups (broad SMARTS) is 1. The lowest BCUT2D eigenvalue weighted by molar-refractivity contribution is -0.134. The summed E-state index contributed by atoms with van der Waals surface area (Å²) in [6, 6.07) is 3.44. The summed E-state index contributed by atoms with van der Waals surface area (Å²) in [5.74, 6) is 0.312. The fourth-order valence-corrected chi connectivity index (χ4v) is 1.10. The number of aryl methyl sites for hydroxylation is 1. The minimum atomic E-state index is -0.862. The van der Waals surface area contributed by atoms with Crippen molar-refractivity contribution >= 4 is 11.7 Å². The van der Waals surface area contributed by atoms with E-state index in [0.717, 1.165) is 12.7 Å². The third-order valence-electron chi connectivity index (χ3n) is 1.95. The quantitative estimate of drug-likeness (QED) is 0.372. The highest BCUT2D eigenvalue weighted by Crippen LogP contribution is 2.16. The van der Waals surface area contributed by atoms with Crippen LogP contribution in [0, 0.1) is 6.92 Å². The van der Waals surface area contributed by atoms with Gasteiger partial charge >= 0.3 is 0 Å². The van der Waals surface area contributed by atoms with E-state index < -0.39 is 11.5 Å². The number of carboxylic acids is 1. The monoisotopic (exact) mass is 258 g/mol. The summed E-state index contributed by atoms with van der Waals surface area (Å²) in [6.45, 7) is 6.21. The standard InChI is InChI=1S/C9H14N2O3.C2H4O2/c1-6-4-5-7(14-6)8(10-12)9(2,3)11-13;1-2(3)4/h4-5,11-13H,1-3H3;1H3,(H,3,4)/b10-8-;. The van der Waals surface area contributed by atoms with E-state index in [1.165, 1.54) is 0 Å². The van der Waals surface area contributed by atoms with Crippen molar-refractivity contribution in [1.82, 2.24) is 5.48 Å². The number of carbonyl (C=O) groups is 1. The Hall–Kier alpha value is -1.86.